The largest absolute Gasteiger partial charge is 0.453 e. The van der Waals surface area contributed by atoms with E-state index in [1.165, 1.54) is 47.1 Å². The first-order valence-corrected chi connectivity index (χ1v) is 34.3. The topological polar surface area (TPSA) is 302 Å². The fourth-order valence-corrected chi connectivity index (χ4v) is 14.2. The number of aliphatic hydroxyl groups excluding tert-OH is 2. The summed E-state index contributed by atoms with van der Waals surface area (Å²) in [6.45, 7) is 11.7. The molecule has 92 heavy (non-hydrogen) atoms. The highest BCUT2D eigenvalue weighted by Gasteiger charge is 2.37. The smallest absolute Gasteiger partial charge is 0.407 e. The molecule has 0 heterocycles. The highest BCUT2D eigenvalue weighted by molar-refractivity contribution is 7.89. The number of carbonyl (C=O) groups is 4. The number of aliphatic hydroxyl groups is 2. The van der Waals surface area contributed by atoms with Crippen molar-refractivity contribution in [3.63, 3.8) is 0 Å². The van der Waals surface area contributed by atoms with Crippen molar-refractivity contribution in [1.82, 2.24) is 29.9 Å². The van der Waals surface area contributed by atoms with Gasteiger partial charge in [0.1, 0.15) is 12.1 Å². The van der Waals surface area contributed by atoms with Crippen LogP contribution in [0.4, 0.5) is 21.0 Å². The lowest BCUT2D eigenvalue weighted by atomic mass is 9.84. The fraction of sp³-hybridized carbons (Fsp3) is 0.429. The molecule has 0 aromatic heterocycles. The predicted octanol–water partition coefficient (Wildman–Crippen LogP) is 9.80. The Morgan fingerprint density at radius 3 is 0.957 bits per heavy atom. The van der Waals surface area contributed by atoms with Gasteiger partial charge in [-0.3, -0.25) is 9.59 Å². The monoisotopic (exact) mass is 1300 g/mol. The van der Waals surface area contributed by atoms with Crippen molar-refractivity contribution >= 4 is 55.4 Å². The molecule has 6 aromatic rings. The van der Waals surface area contributed by atoms with Crippen LogP contribution in [-0.2, 0) is 39.1 Å². The van der Waals surface area contributed by atoms with E-state index in [-0.39, 0.29) is 71.8 Å². The van der Waals surface area contributed by atoms with Crippen molar-refractivity contribution in [3.8, 4) is 0 Å². The SMILES string of the molecule is COC(=O)N[C@H](C(=O)N[C@@H](C)CCC[C@@H](CO)N(CCC(C)C)S(=O)(=O)c1ccc(N)cc1)C(c1ccccc1)c1ccccc1.COC(=O)N[C@H](C(=O)N[C@H](C)CCC[C@@H](CO)N(CCC(C)C)S(=O)(=O)c1ccc(N)cc1)C(c1ccccc1)c1ccccc1. The van der Waals surface area contributed by atoms with Crippen LogP contribution in [0.3, 0.4) is 0 Å². The van der Waals surface area contributed by atoms with Gasteiger partial charge in [-0.2, -0.15) is 8.61 Å². The molecule has 500 valence electrons. The summed E-state index contributed by atoms with van der Waals surface area (Å²) >= 11 is 0. The van der Waals surface area contributed by atoms with E-state index in [9.17, 15) is 46.2 Å². The minimum absolute atomic E-state index is 0.125. The number of carbonyl (C=O) groups excluding carboxylic acids is 4. The zero-order valence-corrected chi connectivity index (χ0v) is 55.9. The Kier molecular flexibility index (Phi) is 30.6. The molecule has 0 unspecified atom stereocenters. The lowest BCUT2D eigenvalue weighted by Gasteiger charge is -2.31. The summed E-state index contributed by atoms with van der Waals surface area (Å²) in [7, 11) is -5.27. The van der Waals surface area contributed by atoms with Crippen LogP contribution in [0, 0.1) is 11.8 Å². The predicted molar refractivity (Wildman–Crippen MR) is 361 cm³/mol. The maximum Gasteiger partial charge on any atom is 0.407 e. The van der Waals surface area contributed by atoms with Crippen LogP contribution in [0.2, 0.25) is 0 Å². The van der Waals surface area contributed by atoms with Crippen molar-refractivity contribution in [3.05, 3.63) is 192 Å². The molecular weight excluding hydrogens is 1210 g/mol. The van der Waals surface area contributed by atoms with Gasteiger partial charge in [0.05, 0.1) is 37.2 Å². The number of amides is 4. The summed E-state index contributed by atoms with van der Waals surface area (Å²) < 4.78 is 67.1. The second-order valence-corrected chi connectivity index (χ2v) is 27.7. The summed E-state index contributed by atoms with van der Waals surface area (Å²) in [6.07, 6.45) is 2.73. The van der Waals surface area contributed by atoms with E-state index in [2.05, 4.69) is 21.3 Å². The van der Waals surface area contributed by atoms with E-state index in [0.29, 0.717) is 62.7 Å². The Hall–Kier alpha value is -7.86. The van der Waals surface area contributed by atoms with Gasteiger partial charge in [0.25, 0.3) is 0 Å². The maximum absolute atomic E-state index is 13.8. The number of methoxy groups -OCH3 is 2. The number of nitrogens with two attached hydrogens (primary N) is 2. The number of nitrogens with zero attached hydrogens (tertiary/aromatic N) is 2. The zero-order valence-electron chi connectivity index (χ0n) is 54.3. The normalized spacial score (nSPS) is 13.7. The molecule has 6 aromatic carbocycles. The number of benzene rings is 6. The van der Waals surface area contributed by atoms with Gasteiger partial charge in [-0.25, -0.2) is 26.4 Å². The van der Waals surface area contributed by atoms with Crippen molar-refractivity contribution in [2.45, 2.75) is 151 Å². The third-order valence-electron chi connectivity index (χ3n) is 16.0. The molecule has 22 heteroatoms. The average Bonchev–Trinajstić information content (AvgIpc) is 0.943. The summed E-state index contributed by atoms with van der Waals surface area (Å²) in [4.78, 5) is 52.7. The number of hydrogen-bond acceptors (Lipinski definition) is 14. The summed E-state index contributed by atoms with van der Waals surface area (Å²) in [5.74, 6) is -1.19. The number of nitrogens with one attached hydrogen (secondary N) is 4. The van der Waals surface area contributed by atoms with Crippen molar-refractivity contribution in [2.24, 2.45) is 11.8 Å². The van der Waals surface area contributed by atoms with E-state index in [4.69, 9.17) is 20.9 Å². The van der Waals surface area contributed by atoms with E-state index in [0.717, 1.165) is 22.3 Å². The molecule has 0 saturated heterocycles. The molecule has 10 N–H and O–H groups in total. The first-order chi connectivity index (χ1) is 43.9. The molecule has 0 aliphatic rings. The lowest BCUT2D eigenvalue weighted by Crippen LogP contribution is -2.52. The second kappa shape index (κ2) is 37.6. The minimum atomic E-state index is -3.89. The van der Waals surface area contributed by atoms with Gasteiger partial charge in [0, 0.05) is 60.5 Å². The lowest BCUT2D eigenvalue weighted by molar-refractivity contribution is -0.124. The molecular formula is C70H96N8O12S2. The Morgan fingerprint density at radius 1 is 0.424 bits per heavy atom. The number of nitrogen functional groups attached to an aromatic ring is 2. The highest BCUT2D eigenvalue weighted by atomic mass is 32.2. The third-order valence-corrected chi connectivity index (χ3v) is 19.9. The van der Waals surface area contributed by atoms with Crippen LogP contribution in [0.15, 0.2) is 180 Å². The second-order valence-electron chi connectivity index (χ2n) is 23.9. The number of anilines is 2. The molecule has 0 radical (unpaired) electrons. The van der Waals surface area contributed by atoms with Gasteiger partial charge in [-0.05, 0) is 148 Å². The van der Waals surface area contributed by atoms with Gasteiger partial charge in [0.15, 0.2) is 0 Å². The molecule has 20 nitrogen and oxygen atoms in total. The van der Waals surface area contributed by atoms with Crippen LogP contribution < -0.4 is 32.7 Å². The number of ether oxygens (including phenoxy) is 2. The summed E-state index contributed by atoms with van der Waals surface area (Å²) in [5, 5.41) is 32.2. The first kappa shape index (κ1) is 74.9. The van der Waals surface area contributed by atoms with Gasteiger partial charge in [-0.1, -0.05) is 149 Å². The number of hydrogen-bond donors (Lipinski definition) is 8. The molecule has 0 spiro atoms. The van der Waals surface area contributed by atoms with E-state index >= 15 is 0 Å². The number of alkyl carbamates (subject to hydrolysis) is 2. The Bertz CT molecular complexity index is 3090. The minimum Gasteiger partial charge on any atom is -0.453 e. The van der Waals surface area contributed by atoms with Crippen LogP contribution in [0.25, 0.3) is 0 Å². The van der Waals surface area contributed by atoms with Crippen LogP contribution >= 0.6 is 0 Å². The fourth-order valence-electron chi connectivity index (χ4n) is 10.9. The molecule has 0 aliphatic heterocycles. The maximum atomic E-state index is 13.8. The molecule has 6 rings (SSSR count). The van der Waals surface area contributed by atoms with E-state index in [1.54, 1.807) is 24.3 Å². The summed E-state index contributed by atoms with van der Waals surface area (Å²) in [6, 6.07) is 46.3. The molecule has 0 aliphatic carbocycles. The quantitative estimate of drug-likeness (QED) is 0.0174. The van der Waals surface area contributed by atoms with Crippen LogP contribution in [-0.4, -0.2) is 136 Å². The van der Waals surface area contributed by atoms with E-state index in [1.807, 2.05) is 163 Å². The van der Waals surface area contributed by atoms with Crippen molar-refractivity contribution < 1.29 is 55.7 Å². The third kappa shape index (κ3) is 22.8. The average molecular weight is 1310 g/mol. The van der Waals surface area contributed by atoms with Crippen LogP contribution in [0.1, 0.15) is 127 Å². The van der Waals surface area contributed by atoms with Gasteiger partial charge >= 0.3 is 12.2 Å². The molecule has 0 bridgehead atoms. The summed E-state index contributed by atoms with van der Waals surface area (Å²) in [5.41, 5.74) is 15.9. The van der Waals surface area contributed by atoms with Crippen molar-refractivity contribution in [2.75, 3.05) is 52.0 Å². The highest BCUT2D eigenvalue weighted by Crippen LogP contribution is 2.32. The standard InChI is InChI=1S/2C35H48N4O6S/c2*1-25(2)22-23-39(46(43,44)31-20-18-29(36)19-21-31)30(24-40)17-11-12-26(3)37-34(41)33(38-35(42)45-4)32(27-13-7-5-8-14-27)28-15-9-6-10-16-28/h2*5-10,13-16,18-21,25-26,30,32-33,40H,11-12,17,22-24,36H2,1-4H3,(H,37,41)(H,38,42)/t26-,30+,33+;26-,30-,33-/m10/s1. The van der Waals surface area contributed by atoms with Gasteiger partial charge in [-0.15, -0.1) is 0 Å². The first-order valence-electron chi connectivity index (χ1n) is 31.4. The van der Waals surface area contributed by atoms with Gasteiger partial charge in [0.2, 0.25) is 31.9 Å². The van der Waals surface area contributed by atoms with Crippen molar-refractivity contribution in [1.29, 1.82) is 0 Å². The molecule has 0 fully saturated rings. The number of sulfonamides is 2. The van der Waals surface area contributed by atoms with Gasteiger partial charge < -0.3 is 52.4 Å². The number of rotatable bonds is 34. The Balaban J connectivity index is 0.000000334. The molecule has 0 saturated carbocycles. The molecule has 4 amide bonds. The Labute approximate surface area is 545 Å². The Morgan fingerprint density at radius 2 is 0.707 bits per heavy atom. The zero-order chi connectivity index (χ0) is 67.4. The molecule has 6 atom stereocenters. The van der Waals surface area contributed by atoms with E-state index < -0.39 is 68.2 Å². The van der Waals surface area contributed by atoms with Crippen LogP contribution in [0.5, 0.6) is 0 Å².